The van der Waals surface area contributed by atoms with E-state index in [4.69, 9.17) is 5.73 Å². The van der Waals surface area contributed by atoms with Crippen molar-refractivity contribution in [3.63, 3.8) is 0 Å². The van der Waals surface area contributed by atoms with Gasteiger partial charge in [0.15, 0.2) is 0 Å². The maximum atomic E-state index is 5.80. The second-order valence-electron chi connectivity index (χ2n) is 4.62. The molecule has 0 spiro atoms. The van der Waals surface area contributed by atoms with Crippen LogP contribution in [0.2, 0.25) is 0 Å². The van der Waals surface area contributed by atoms with Gasteiger partial charge in [-0.1, -0.05) is 6.92 Å². The third-order valence-corrected chi connectivity index (χ3v) is 4.36. The molecule has 2 rings (SSSR count). The highest BCUT2D eigenvalue weighted by Crippen LogP contribution is 2.37. The molecule has 1 aliphatic rings. The van der Waals surface area contributed by atoms with E-state index < -0.39 is 0 Å². The first-order valence-corrected chi connectivity index (χ1v) is 6.52. The summed E-state index contributed by atoms with van der Waals surface area (Å²) in [6.07, 6.45) is 1.38. The molecular weight excluding hydrogens is 204 g/mol. The summed E-state index contributed by atoms with van der Waals surface area (Å²) < 4.78 is 0. The van der Waals surface area contributed by atoms with E-state index in [1.807, 2.05) is 11.3 Å². The van der Waals surface area contributed by atoms with Crippen molar-refractivity contribution in [1.29, 1.82) is 0 Å². The molecule has 15 heavy (non-hydrogen) atoms. The number of nitrogens with one attached hydrogen (secondary N) is 1. The molecule has 3 N–H and O–H groups in total. The van der Waals surface area contributed by atoms with Gasteiger partial charge in [0.2, 0.25) is 0 Å². The van der Waals surface area contributed by atoms with E-state index in [-0.39, 0.29) is 0 Å². The van der Waals surface area contributed by atoms with Crippen LogP contribution in [0.5, 0.6) is 0 Å². The van der Waals surface area contributed by atoms with Gasteiger partial charge in [0.1, 0.15) is 0 Å². The van der Waals surface area contributed by atoms with Gasteiger partial charge in [-0.25, -0.2) is 0 Å². The largest absolute Gasteiger partial charge is 0.329 e. The number of hydrogen-bond donors (Lipinski definition) is 2. The Morgan fingerprint density at radius 3 is 2.80 bits per heavy atom. The molecular formula is C12H20N2S. The fourth-order valence-electron chi connectivity index (χ4n) is 1.92. The van der Waals surface area contributed by atoms with Crippen LogP contribution in [-0.2, 0) is 0 Å². The monoisotopic (exact) mass is 224 g/mol. The zero-order chi connectivity index (χ0) is 10.8. The maximum absolute atomic E-state index is 5.80. The van der Waals surface area contributed by atoms with Crippen LogP contribution < -0.4 is 11.1 Å². The Morgan fingerprint density at radius 2 is 2.33 bits per heavy atom. The predicted octanol–water partition coefficient (Wildman–Crippen LogP) is 2.30. The summed E-state index contributed by atoms with van der Waals surface area (Å²) in [5.41, 5.74) is 5.80. The lowest BCUT2D eigenvalue weighted by Gasteiger charge is -2.14. The highest BCUT2D eigenvalue weighted by molar-refractivity contribution is 7.12. The first-order chi connectivity index (χ1) is 7.20. The van der Waals surface area contributed by atoms with Gasteiger partial charge in [0, 0.05) is 16.3 Å². The summed E-state index contributed by atoms with van der Waals surface area (Å²) >= 11 is 1.85. The van der Waals surface area contributed by atoms with Gasteiger partial charge in [-0.3, -0.25) is 0 Å². The van der Waals surface area contributed by atoms with E-state index in [0.29, 0.717) is 12.6 Å². The zero-order valence-electron chi connectivity index (χ0n) is 9.49. The molecule has 0 amide bonds. The van der Waals surface area contributed by atoms with Crippen molar-refractivity contribution in [2.45, 2.75) is 26.3 Å². The SMILES string of the molecule is Cc1ccc(C(CN)NCC2CC2C)s1. The molecule has 2 nitrogen and oxygen atoms in total. The Balaban J connectivity index is 1.86. The lowest BCUT2D eigenvalue weighted by molar-refractivity contribution is 0.517. The molecule has 3 unspecified atom stereocenters. The quantitative estimate of drug-likeness (QED) is 0.805. The Kier molecular flexibility index (Phi) is 3.44. The summed E-state index contributed by atoms with van der Waals surface area (Å²) in [6, 6.07) is 4.72. The summed E-state index contributed by atoms with van der Waals surface area (Å²) in [5.74, 6) is 1.81. The molecule has 0 bridgehead atoms. The van der Waals surface area contributed by atoms with Crippen LogP contribution >= 0.6 is 11.3 Å². The average molecular weight is 224 g/mol. The molecule has 1 aromatic rings. The summed E-state index contributed by atoms with van der Waals surface area (Å²) in [5, 5.41) is 3.58. The lowest BCUT2D eigenvalue weighted by Crippen LogP contribution is -2.29. The fraction of sp³-hybridized carbons (Fsp3) is 0.667. The molecule has 1 saturated carbocycles. The molecule has 84 valence electrons. The Morgan fingerprint density at radius 1 is 1.60 bits per heavy atom. The van der Waals surface area contributed by atoms with Crippen molar-refractivity contribution in [3.8, 4) is 0 Å². The summed E-state index contributed by atoms with van der Waals surface area (Å²) in [7, 11) is 0. The second kappa shape index (κ2) is 4.64. The molecule has 1 aliphatic carbocycles. The number of aryl methyl sites for hydroxylation is 1. The molecule has 0 saturated heterocycles. The highest BCUT2D eigenvalue weighted by atomic mass is 32.1. The van der Waals surface area contributed by atoms with Gasteiger partial charge >= 0.3 is 0 Å². The normalized spacial score (nSPS) is 26.6. The number of rotatable bonds is 5. The minimum Gasteiger partial charge on any atom is -0.329 e. The van der Waals surface area contributed by atoms with Crippen molar-refractivity contribution >= 4 is 11.3 Å². The van der Waals surface area contributed by atoms with Gasteiger partial charge in [-0.15, -0.1) is 11.3 Å². The number of thiophene rings is 1. The van der Waals surface area contributed by atoms with Crippen molar-refractivity contribution in [2.24, 2.45) is 17.6 Å². The number of hydrogen-bond acceptors (Lipinski definition) is 3. The average Bonchev–Trinajstić information content (AvgIpc) is 2.73. The third-order valence-electron chi connectivity index (χ3n) is 3.24. The molecule has 0 aliphatic heterocycles. The predicted molar refractivity (Wildman–Crippen MR) is 66.1 cm³/mol. The van der Waals surface area contributed by atoms with Crippen LogP contribution in [0.4, 0.5) is 0 Å². The molecule has 1 aromatic heterocycles. The third kappa shape index (κ3) is 2.80. The van der Waals surface area contributed by atoms with Crippen molar-refractivity contribution < 1.29 is 0 Å². The molecule has 0 aromatic carbocycles. The van der Waals surface area contributed by atoms with Crippen LogP contribution in [0.3, 0.4) is 0 Å². The van der Waals surface area contributed by atoms with E-state index in [1.165, 1.54) is 16.2 Å². The van der Waals surface area contributed by atoms with Crippen LogP contribution in [0, 0.1) is 18.8 Å². The van der Waals surface area contributed by atoms with Crippen molar-refractivity contribution in [1.82, 2.24) is 5.32 Å². The van der Waals surface area contributed by atoms with Crippen molar-refractivity contribution in [3.05, 3.63) is 21.9 Å². The minimum atomic E-state index is 0.358. The lowest BCUT2D eigenvalue weighted by atomic mass is 10.2. The highest BCUT2D eigenvalue weighted by Gasteiger charge is 2.32. The second-order valence-corrected chi connectivity index (χ2v) is 5.94. The Hall–Kier alpha value is -0.380. The molecule has 1 heterocycles. The molecule has 1 fully saturated rings. The molecule has 3 atom stereocenters. The standard InChI is InChI=1S/C12H20N2S/c1-8-5-10(8)7-14-11(6-13)12-4-3-9(2)15-12/h3-4,8,10-11,14H,5-7,13H2,1-2H3. The smallest absolute Gasteiger partial charge is 0.0539 e. The van der Waals surface area contributed by atoms with Gasteiger partial charge in [-0.2, -0.15) is 0 Å². The topological polar surface area (TPSA) is 38.0 Å². The van der Waals surface area contributed by atoms with E-state index in [1.54, 1.807) is 0 Å². The van der Waals surface area contributed by atoms with Crippen LogP contribution in [0.15, 0.2) is 12.1 Å². The van der Waals surface area contributed by atoms with Crippen molar-refractivity contribution in [2.75, 3.05) is 13.1 Å². The van der Waals surface area contributed by atoms with E-state index in [9.17, 15) is 0 Å². The van der Waals surface area contributed by atoms with E-state index in [2.05, 4.69) is 31.3 Å². The van der Waals surface area contributed by atoms with Gasteiger partial charge in [0.05, 0.1) is 6.04 Å². The van der Waals surface area contributed by atoms with Crippen LogP contribution in [0.25, 0.3) is 0 Å². The maximum Gasteiger partial charge on any atom is 0.0539 e. The van der Waals surface area contributed by atoms with Gasteiger partial charge < -0.3 is 11.1 Å². The van der Waals surface area contributed by atoms with E-state index in [0.717, 1.165) is 18.4 Å². The summed E-state index contributed by atoms with van der Waals surface area (Å²) in [4.78, 5) is 2.74. The zero-order valence-corrected chi connectivity index (χ0v) is 10.3. The number of nitrogens with two attached hydrogens (primary N) is 1. The summed E-state index contributed by atoms with van der Waals surface area (Å²) in [6.45, 7) is 6.28. The first-order valence-electron chi connectivity index (χ1n) is 5.70. The van der Waals surface area contributed by atoms with E-state index >= 15 is 0 Å². The van der Waals surface area contributed by atoms with Crippen LogP contribution in [0.1, 0.15) is 29.1 Å². The van der Waals surface area contributed by atoms with Crippen LogP contribution in [-0.4, -0.2) is 13.1 Å². The molecule has 0 radical (unpaired) electrons. The first kappa shape index (κ1) is 11.1. The van der Waals surface area contributed by atoms with Gasteiger partial charge in [-0.05, 0) is 43.9 Å². The van der Waals surface area contributed by atoms with Gasteiger partial charge in [0.25, 0.3) is 0 Å². The minimum absolute atomic E-state index is 0.358. The molecule has 3 heteroatoms. The fourth-order valence-corrected chi connectivity index (χ4v) is 2.88. The Bertz CT molecular complexity index is 321. The Labute approximate surface area is 95.9 Å².